The highest BCUT2D eigenvalue weighted by Gasteiger charge is 2.35. The molecule has 1 atom stereocenters. The van der Waals surface area contributed by atoms with E-state index < -0.39 is 12.0 Å². The van der Waals surface area contributed by atoms with Crippen molar-refractivity contribution in [2.75, 3.05) is 13.2 Å². The molecule has 1 aromatic heterocycles. The molecule has 1 aliphatic rings. The highest BCUT2D eigenvalue weighted by molar-refractivity contribution is 7.07. The Balaban J connectivity index is 1.81. The lowest BCUT2D eigenvalue weighted by molar-refractivity contribution is -0.138. The zero-order chi connectivity index (χ0) is 27.5. The van der Waals surface area contributed by atoms with Crippen LogP contribution < -0.4 is 19.6 Å². The van der Waals surface area contributed by atoms with E-state index in [4.69, 9.17) is 37.7 Å². The van der Waals surface area contributed by atoms with Gasteiger partial charge >= 0.3 is 5.97 Å². The number of carbonyl (C=O) groups excluding carboxylic acids is 1. The number of esters is 1. The second-order valence-corrected chi connectivity index (χ2v) is 10.4. The minimum absolute atomic E-state index is 0.179. The third kappa shape index (κ3) is 5.30. The van der Waals surface area contributed by atoms with E-state index in [0.29, 0.717) is 43.0 Å². The lowest BCUT2D eigenvalue weighted by atomic mass is 9.93. The highest BCUT2D eigenvalue weighted by atomic mass is 35.5. The summed E-state index contributed by atoms with van der Waals surface area (Å²) in [6.07, 6.45) is 1.70. The van der Waals surface area contributed by atoms with E-state index in [1.54, 1.807) is 35.8 Å². The van der Waals surface area contributed by atoms with Gasteiger partial charge in [0.15, 0.2) is 4.80 Å². The lowest BCUT2D eigenvalue weighted by Gasteiger charge is -2.26. The maximum atomic E-state index is 13.9. The van der Waals surface area contributed by atoms with Crippen LogP contribution in [0.25, 0.3) is 11.8 Å². The van der Waals surface area contributed by atoms with Gasteiger partial charge in [-0.1, -0.05) is 89.1 Å². The number of ether oxygens (including phenoxy) is 2. The number of hydrogen-bond donors (Lipinski definition) is 0. The number of nitrogens with zero attached hydrogens (tertiary/aromatic N) is 2. The molecule has 2 heterocycles. The molecule has 0 saturated carbocycles. The molecular formula is C30H24Cl2N2O4S. The average molecular weight is 580 g/mol. The number of hydrogen-bond acceptors (Lipinski definition) is 6. The predicted octanol–water partition coefficient (Wildman–Crippen LogP) is 5.64. The second kappa shape index (κ2) is 11.6. The van der Waals surface area contributed by atoms with Crippen LogP contribution in [0.2, 0.25) is 10.0 Å². The summed E-state index contributed by atoms with van der Waals surface area (Å²) in [5.41, 5.74) is 2.52. The van der Waals surface area contributed by atoms with Crippen molar-refractivity contribution in [1.82, 2.24) is 4.57 Å². The number of halogens is 2. The monoisotopic (exact) mass is 578 g/mol. The summed E-state index contributed by atoms with van der Waals surface area (Å²) in [6, 6.07) is 21.2. The number of carbonyl (C=O) groups is 1. The smallest absolute Gasteiger partial charge is 0.338 e. The molecule has 0 bridgehead atoms. The van der Waals surface area contributed by atoms with Gasteiger partial charge in [0.25, 0.3) is 5.56 Å². The quantitative estimate of drug-likeness (QED) is 0.266. The molecular weight excluding hydrogens is 555 g/mol. The van der Waals surface area contributed by atoms with Gasteiger partial charge in [-0.2, -0.15) is 0 Å². The summed E-state index contributed by atoms with van der Waals surface area (Å²) in [5, 5.41) is 0.742. The Labute approximate surface area is 239 Å². The minimum atomic E-state index is -0.775. The van der Waals surface area contributed by atoms with Gasteiger partial charge < -0.3 is 9.47 Å². The Hall–Kier alpha value is -3.65. The van der Waals surface area contributed by atoms with Crippen molar-refractivity contribution < 1.29 is 14.3 Å². The predicted molar refractivity (Wildman–Crippen MR) is 155 cm³/mol. The molecule has 4 aromatic rings. The summed E-state index contributed by atoms with van der Waals surface area (Å²) >= 11 is 13.9. The van der Waals surface area contributed by atoms with Gasteiger partial charge in [0, 0.05) is 5.56 Å². The van der Waals surface area contributed by atoms with Gasteiger partial charge in [-0.25, -0.2) is 9.79 Å². The van der Waals surface area contributed by atoms with Crippen LogP contribution in [0.4, 0.5) is 0 Å². The first-order chi connectivity index (χ1) is 18.9. The van der Waals surface area contributed by atoms with Crippen molar-refractivity contribution in [1.29, 1.82) is 0 Å². The van der Waals surface area contributed by atoms with Crippen LogP contribution in [0.3, 0.4) is 0 Å². The van der Waals surface area contributed by atoms with Gasteiger partial charge in [0.2, 0.25) is 0 Å². The topological polar surface area (TPSA) is 69.9 Å². The normalized spacial score (nSPS) is 15.1. The van der Waals surface area contributed by atoms with Crippen LogP contribution in [-0.2, 0) is 9.53 Å². The SMILES string of the molecule is CCOC(=O)C1=C(c2ccccc2)N=c2s/c(=C\c3cccc(Cl)c3Cl)c(=O)n2[C@H]1c1ccc(OCC)cc1. The Morgan fingerprint density at radius 2 is 1.74 bits per heavy atom. The summed E-state index contributed by atoms with van der Waals surface area (Å²) in [5.74, 6) is 0.153. The van der Waals surface area contributed by atoms with Crippen LogP contribution in [0.1, 0.15) is 36.6 Å². The van der Waals surface area contributed by atoms with E-state index in [0.717, 1.165) is 11.1 Å². The molecule has 198 valence electrons. The molecule has 0 amide bonds. The minimum Gasteiger partial charge on any atom is -0.494 e. The van der Waals surface area contributed by atoms with E-state index in [9.17, 15) is 9.59 Å². The summed E-state index contributed by atoms with van der Waals surface area (Å²) in [4.78, 5) is 32.8. The molecule has 39 heavy (non-hydrogen) atoms. The van der Waals surface area contributed by atoms with Gasteiger partial charge in [0.05, 0.1) is 45.1 Å². The maximum Gasteiger partial charge on any atom is 0.338 e. The number of rotatable bonds is 7. The number of thiazole rings is 1. The zero-order valence-electron chi connectivity index (χ0n) is 21.2. The first-order valence-corrected chi connectivity index (χ1v) is 14.0. The summed E-state index contributed by atoms with van der Waals surface area (Å²) < 4.78 is 13.1. The Morgan fingerprint density at radius 3 is 2.44 bits per heavy atom. The lowest BCUT2D eigenvalue weighted by Crippen LogP contribution is -2.40. The molecule has 6 nitrogen and oxygen atoms in total. The van der Waals surface area contributed by atoms with Crippen LogP contribution in [-0.4, -0.2) is 23.8 Å². The highest BCUT2D eigenvalue weighted by Crippen LogP contribution is 2.35. The van der Waals surface area contributed by atoms with Gasteiger partial charge in [-0.15, -0.1) is 0 Å². The van der Waals surface area contributed by atoms with E-state index >= 15 is 0 Å². The second-order valence-electron chi connectivity index (χ2n) is 8.58. The van der Waals surface area contributed by atoms with Crippen molar-refractivity contribution >= 4 is 52.3 Å². The molecule has 0 saturated heterocycles. The fourth-order valence-corrected chi connectivity index (χ4v) is 5.80. The Kier molecular flexibility index (Phi) is 8.02. The van der Waals surface area contributed by atoms with Gasteiger partial charge in [0.1, 0.15) is 5.75 Å². The zero-order valence-corrected chi connectivity index (χ0v) is 23.5. The first-order valence-electron chi connectivity index (χ1n) is 12.4. The fraction of sp³-hybridized carbons (Fsp3) is 0.167. The standard InChI is InChI=1S/C30H24Cl2N2O4S/c1-3-37-21-15-13-19(14-16-21)27-24(29(36)38-4-2)26(18-9-6-5-7-10-18)33-30-34(27)28(35)23(39-30)17-20-11-8-12-22(31)25(20)32/h5-17,27H,3-4H2,1-2H3/b23-17-/t27-/m0/s1. The van der Waals surface area contributed by atoms with Crippen molar-refractivity contribution in [3.8, 4) is 5.75 Å². The molecule has 3 aromatic carbocycles. The van der Waals surface area contributed by atoms with E-state index in [2.05, 4.69) is 0 Å². The molecule has 1 aliphatic heterocycles. The molecule has 0 radical (unpaired) electrons. The summed E-state index contributed by atoms with van der Waals surface area (Å²) in [7, 11) is 0. The van der Waals surface area contributed by atoms with Crippen LogP contribution in [0.15, 0.2) is 88.2 Å². The number of benzene rings is 3. The molecule has 0 aliphatic carbocycles. The Morgan fingerprint density at radius 1 is 1.00 bits per heavy atom. The van der Waals surface area contributed by atoms with Gasteiger partial charge in [-0.3, -0.25) is 9.36 Å². The molecule has 0 fully saturated rings. The average Bonchev–Trinajstić information content (AvgIpc) is 3.26. The Bertz CT molecular complexity index is 1740. The fourth-order valence-electron chi connectivity index (χ4n) is 4.44. The van der Waals surface area contributed by atoms with Crippen molar-refractivity contribution in [3.63, 3.8) is 0 Å². The van der Waals surface area contributed by atoms with Crippen molar-refractivity contribution in [3.05, 3.63) is 125 Å². The molecule has 0 N–H and O–H groups in total. The largest absolute Gasteiger partial charge is 0.494 e. The van der Waals surface area contributed by atoms with Crippen LogP contribution >= 0.6 is 34.5 Å². The number of fused-ring (bicyclic) bond motifs is 1. The maximum absolute atomic E-state index is 13.9. The molecule has 0 spiro atoms. The summed E-state index contributed by atoms with van der Waals surface area (Å²) in [6.45, 7) is 4.35. The van der Waals surface area contributed by atoms with E-state index in [-0.39, 0.29) is 17.7 Å². The molecule has 5 rings (SSSR count). The first kappa shape index (κ1) is 26.9. The van der Waals surface area contributed by atoms with E-state index in [1.807, 2.05) is 61.5 Å². The van der Waals surface area contributed by atoms with Crippen molar-refractivity contribution in [2.24, 2.45) is 4.99 Å². The molecule has 9 heteroatoms. The van der Waals surface area contributed by atoms with Crippen LogP contribution in [0, 0.1) is 0 Å². The van der Waals surface area contributed by atoms with Crippen molar-refractivity contribution in [2.45, 2.75) is 19.9 Å². The van der Waals surface area contributed by atoms with Gasteiger partial charge in [-0.05, 0) is 49.2 Å². The third-order valence-electron chi connectivity index (χ3n) is 6.15. The van der Waals surface area contributed by atoms with E-state index in [1.165, 1.54) is 11.3 Å². The third-order valence-corrected chi connectivity index (χ3v) is 7.97. The number of aromatic nitrogens is 1. The van der Waals surface area contributed by atoms with Crippen LogP contribution in [0.5, 0.6) is 5.75 Å². The molecule has 0 unspecified atom stereocenters.